The van der Waals surface area contributed by atoms with Crippen molar-refractivity contribution in [2.45, 2.75) is 26.7 Å². The van der Waals surface area contributed by atoms with Crippen LogP contribution >= 0.6 is 0 Å². The van der Waals surface area contributed by atoms with E-state index in [1.165, 1.54) is 6.42 Å². The minimum atomic E-state index is 0.370. The van der Waals surface area contributed by atoms with E-state index in [1.807, 2.05) is 0 Å². The summed E-state index contributed by atoms with van der Waals surface area (Å²) in [6.45, 7) is 4.39. The molecule has 0 aromatic heterocycles. The molecule has 3 atom stereocenters. The van der Waals surface area contributed by atoms with Crippen LogP contribution in [-0.2, 0) is 0 Å². The van der Waals surface area contributed by atoms with Crippen molar-refractivity contribution < 1.29 is 0 Å². The van der Waals surface area contributed by atoms with Gasteiger partial charge in [0.2, 0.25) is 0 Å². The van der Waals surface area contributed by atoms with Crippen LogP contribution in [0.25, 0.3) is 0 Å². The molecule has 1 fully saturated rings. The summed E-state index contributed by atoms with van der Waals surface area (Å²) < 4.78 is 0. The molecular weight excluding hydrogens is 110 g/mol. The molecule has 1 nitrogen and oxygen atoms in total. The Labute approximate surface area is 56.7 Å². The zero-order valence-electron chi connectivity index (χ0n) is 6.09. The van der Waals surface area contributed by atoms with Crippen LogP contribution in [0.2, 0.25) is 0 Å². The predicted octanol–water partition coefficient (Wildman–Crippen LogP) is 2.19. The number of nitrogens with zero attached hydrogens (tertiary/aromatic N) is 1. The first kappa shape index (κ1) is 6.61. The Morgan fingerprint density at radius 1 is 1.67 bits per heavy atom. The lowest BCUT2D eigenvalue weighted by atomic mass is 9.65. The minimum Gasteiger partial charge on any atom is -0.198 e. The molecule has 0 bridgehead atoms. The van der Waals surface area contributed by atoms with Crippen molar-refractivity contribution >= 4 is 0 Å². The van der Waals surface area contributed by atoms with E-state index >= 15 is 0 Å². The highest BCUT2D eigenvalue weighted by Crippen LogP contribution is 2.41. The summed E-state index contributed by atoms with van der Waals surface area (Å²) in [5.41, 5.74) is 0. The minimum absolute atomic E-state index is 0.370. The largest absolute Gasteiger partial charge is 0.198 e. The maximum atomic E-state index is 8.52. The van der Waals surface area contributed by atoms with Gasteiger partial charge in [0.1, 0.15) is 0 Å². The molecule has 0 amide bonds. The Kier molecular flexibility index (Phi) is 1.75. The molecule has 0 heterocycles. The number of nitriles is 1. The summed E-state index contributed by atoms with van der Waals surface area (Å²) in [4.78, 5) is 0. The molecule has 3 unspecified atom stereocenters. The molecule has 1 heteroatoms. The molecule has 0 N–H and O–H groups in total. The van der Waals surface area contributed by atoms with E-state index in [2.05, 4.69) is 19.9 Å². The second-order valence-corrected chi connectivity index (χ2v) is 3.00. The van der Waals surface area contributed by atoms with Crippen molar-refractivity contribution in [2.24, 2.45) is 17.8 Å². The molecule has 0 aliphatic heterocycles. The van der Waals surface area contributed by atoms with Crippen LogP contribution in [0.15, 0.2) is 0 Å². The molecule has 50 valence electrons. The average molecular weight is 123 g/mol. The molecule has 0 aromatic rings. The van der Waals surface area contributed by atoms with Gasteiger partial charge in [-0.2, -0.15) is 5.26 Å². The Morgan fingerprint density at radius 2 is 2.33 bits per heavy atom. The third-order valence-corrected chi connectivity index (χ3v) is 2.63. The van der Waals surface area contributed by atoms with Gasteiger partial charge >= 0.3 is 0 Å². The van der Waals surface area contributed by atoms with Gasteiger partial charge in [0.15, 0.2) is 0 Å². The molecule has 0 radical (unpaired) electrons. The highest BCUT2D eigenvalue weighted by Gasteiger charge is 2.35. The molecule has 1 saturated carbocycles. The molecule has 1 aliphatic rings. The van der Waals surface area contributed by atoms with Crippen LogP contribution in [0.3, 0.4) is 0 Å². The van der Waals surface area contributed by atoms with Gasteiger partial charge in [0.05, 0.1) is 6.07 Å². The third kappa shape index (κ3) is 0.941. The average Bonchev–Trinajstić information content (AvgIpc) is 1.87. The van der Waals surface area contributed by atoms with Gasteiger partial charge in [0, 0.05) is 5.92 Å². The molecule has 9 heavy (non-hydrogen) atoms. The lowest BCUT2D eigenvalue weighted by Crippen LogP contribution is -2.32. The van der Waals surface area contributed by atoms with Gasteiger partial charge in [0.25, 0.3) is 0 Å². The Morgan fingerprint density at radius 3 is 2.67 bits per heavy atom. The third-order valence-electron chi connectivity index (χ3n) is 2.63. The standard InChI is InChI=1S/C8H13N/c1-3-7-4-8(5-9)6(7)2/h6-8H,3-4H2,1-2H3. The van der Waals surface area contributed by atoms with Crippen LogP contribution in [0.1, 0.15) is 26.7 Å². The van der Waals surface area contributed by atoms with Crippen molar-refractivity contribution in [2.75, 3.05) is 0 Å². The first-order chi connectivity index (χ1) is 4.29. The van der Waals surface area contributed by atoms with E-state index in [0.717, 1.165) is 12.3 Å². The summed E-state index contributed by atoms with van der Waals surface area (Å²) in [6, 6.07) is 2.32. The lowest BCUT2D eigenvalue weighted by Gasteiger charge is -2.38. The summed E-state index contributed by atoms with van der Waals surface area (Å²) in [5, 5.41) is 8.52. The zero-order valence-corrected chi connectivity index (χ0v) is 6.09. The van der Waals surface area contributed by atoms with E-state index in [9.17, 15) is 0 Å². The van der Waals surface area contributed by atoms with Crippen molar-refractivity contribution in [3.8, 4) is 6.07 Å². The molecule has 1 rings (SSSR count). The first-order valence-corrected chi connectivity index (χ1v) is 3.69. The fourth-order valence-electron chi connectivity index (χ4n) is 1.60. The SMILES string of the molecule is CCC1CC(C#N)C1C. The molecule has 1 aliphatic carbocycles. The number of hydrogen-bond donors (Lipinski definition) is 0. The van der Waals surface area contributed by atoms with Crippen LogP contribution < -0.4 is 0 Å². The van der Waals surface area contributed by atoms with Crippen molar-refractivity contribution in [1.82, 2.24) is 0 Å². The Balaban J connectivity index is 2.34. The summed E-state index contributed by atoms with van der Waals surface area (Å²) in [6.07, 6.45) is 2.40. The summed E-state index contributed by atoms with van der Waals surface area (Å²) >= 11 is 0. The van der Waals surface area contributed by atoms with Gasteiger partial charge in [-0.1, -0.05) is 20.3 Å². The fourth-order valence-corrected chi connectivity index (χ4v) is 1.60. The highest BCUT2D eigenvalue weighted by atomic mass is 14.4. The van der Waals surface area contributed by atoms with Gasteiger partial charge < -0.3 is 0 Å². The van der Waals surface area contributed by atoms with Crippen LogP contribution in [-0.4, -0.2) is 0 Å². The summed E-state index contributed by atoms with van der Waals surface area (Å²) in [5.74, 6) is 1.88. The van der Waals surface area contributed by atoms with Crippen LogP contribution in [0.5, 0.6) is 0 Å². The monoisotopic (exact) mass is 123 g/mol. The lowest BCUT2D eigenvalue weighted by molar-refractivity contribution is 0.128. The Bertz CT molecular complexity index is 134. The van der Waals surface area contributed by atoms with E-state index in [0.29, 0.717) is 11.8 Å². The maximum absolute atomic E-state index is 8.52. The van der Waals surface area contributed by atoms with Gasteiger partial charge in [-0.3, -0.25) is 0 Å². The number of rotatable bonds is 1. The molecule has 0 spiro atoms. The smallest absolute Gasteiger partial charge is 0.0658 e. The maximum Gasteiger partial charge on any atom is 0.0658 e. The van der Waals surface area contributed by atoms with E-state index in [1.54, 1.807) is 0 Å². The van der Waals surface area contributed by atoms with Crippen molar-refractivity contribution in [1.29, 1.82) is 5.26 Å². The number of hydrogen-bond acceptors (Lipinski definition) is 1. The second-order valence-electron chi connectivity index (χ2n) is 3.00. The molecular formula is C8H13N. The van der Waals surface area contributed by atoms with Crippen molar-refractivity contribution in [3.63, 3.8) is 0 Å². The first-order valence-electron chi connectivity index (χ1n) is 3.69. The topological polar surface area (TPSA) is 23.8 Å². The highest BCUT2D eigenvalue weighted by molar-refractivity contribution is 4.98. The molecule has 0 aromatic carbocycles. The van der Waals surface area contributed by atoms with E-state index < -0.39 is 0 Å². The van der Waals surface area contributed by atoms with Gasteiger partial charge in [-0.25, -0.2) is 0 Å². The quantitative estimate of drug-likeness (QED) is 0.524. The van der Waals surface area contributed by atoms with Crippen LogP contribution in [0.4, 0.5) is 0 Å². The zero-order chi connectivity index (χ0) is 6.85. The van der Waals surface area contributed by atoms with E-state index in [-0.39, 0.29) is 0 Å². The normalized spacial score (nSPS) is 41.2. The van der Waals surface area contributed by atoms with Gasteiger partial charge in [-0.05, 0) is 18.3 Å². The summed E-state index contributed by atoms with van der Waals surface area (Å²) in [7, 11) is 0. The second kappa shape index (κ2) is 2.39. The van der Waals surface area contributed by atoms with Crippen molar-refractivity contribution in [3.05, 3.63) is 0 Å². The Hall–Kier alpha value is -0.510. The van der Waals surface area contributed by atoms with Crippen LogP contribution in [0, 0.1) is 29.1 Å². The predicted molar refractivity (Wildman–Crippen MR) is 36.7 cm³/mol. The van der Waals surface area contributed by atoms with E-state index in [4.69, 9.17) is 5.26 Å². The van der Waals surface area contributed by atoms with Gasteiger partial charge in [-0.15, -0.1) is 0 Å². The fraction of sp³-hybridized carbons (Fsp3) is 0.875. The molecule has 0 saturated heterocycles.